The summed E-state index contributed by atoms with van der Waals surface area (Å²) in [6.07, 6.45) is 1.09. The zero-order chi connectivity index (χ0) is 11.9. The van der Waals surface area contributed by atoms with Gasteiger partial charge in [0.15, 0.2) is 9.84 Å². The first-order chi connectivity index (χ1) is 7.41. The summed E-state index contributed by atoms with van der Waals surface area (Å²) in [5.74, 6) is 0. The Morgan fingerprint density at radius 3 is 2.44 bits per heavy atom. The van der Waals surface area contributed by atoms with Crippen LogP contribution in [0, 0.1) is 0 Å². The maximum Gasteiger partial charge on any atom is 0.259 e. The van der Waals surface area contributed by atoms with Crippen LogP contribution in [-0.2, 0) is 16.9 Å². The first kappa shape index (κ1) is 10.9. The van der Waals surface area contributed by atoms with Gasteiger partial charge in [0.25, 0.3) is 5.56 Å². The van der Waals surface area contributed by atoms with Crippen molar-refractivity contribution in [2.24, 2.45) is 7.05 Å². The first-order valence-corrected chi connectivity index (χ1v) is 6.59. The Labute approximate surface area is 93.1 Å². The number of benzene rings is 1. The molecule has 0 saturated carbocycles. The molecule has 16 heavy (non-hydrogen) atoms. The molecule has 0 radical (unpaired) electrons. The maximum atomic E-state index is 11.9. The fourth-order valence-corrected chi connectivity index (χ4v) is 2.61. The van der Waals surface area contributed by atoms with Gasteiger partial charge in [-0.2, -0.15) is 0 Å². The van der Waals surface area contributed by atoms with E-state index >= 15 is 0 Å². The second kappa shape index (κ2) is 3.45. The predicted octanol–water partition coefficient (Wildman–Crippen LogP) is 0.942. The van der Waals surface area contributed by atoms with Crippen LogP contribution in [-0.4, -0.2) is 19.2 Å². The molecule has 0 fully saturated rings. The van der Waals surface area contributed by atoms with Crippen LogP contribution in [0.15, 0.2) is 40.2 Å². The summed E-state index contributed by atoms with van der Waals surface area (Å²) in [4.78, 5) is 11.9. The van der Waals surface area contributed by atoms with Crippen molar-refractivity contribution in [2.45, 2.75) is 5.03 Å². The van der Waals surface area contributed by atoms with E-state index in [1.54, 1.807) is 24.3 Å². The normalized spacial score (nSPS) is 11.9. The molecule has 1 aromatic heterocycles. The molecule has 0 aliphatic carbocycles. The number of pyridine rings is 1. The van der Waals surface area contributed by atoms with Crippen molar-refractivity contribution >= 4 is 20.6 Å². The number of hydrogen-bond acceptors (Lipinski definition) is 3. The molecule has 0 amide bonds. The Morgan fingerprint density at radius 2 is 1.81 bits per heavy atom. The largest absolute Gasteiger partial charge is 0.302 e. The molecule has 4 nitrogen and oxygen atoms in total. The van der Waals surface area contributed by atoms with Gasteiger partial charge < -0.3 is 4.57 Å². The molecule has 2 rings (SSSR count). The van der Waals surface area contributed by atoms with E-state index < -0.39 is 9.84 Å². The molecular formula is C11H11NO3S. The van der Waals surface area contributed by atoms with Crippen molar-refractivity contribution in [1.29, 1.82) is 0 Å². The van der Waals surface area contributed by atoms with Gasteiger partial charge in [0.05, 0.1) is 0 Å². The highest BCUT2D eigenvalue weighted by Gasteiger charge is 2.14. The lowest BCUT2D eigenvalue weighted by Gasteiger charge is -2.07. The third-order valence-electron chi connectivity index (χ3n) is 2.49. The molecule has 5 heteroatoms. The summed E-state index contributed by atoms with van der Waals surface area (Å²) in [6.45, 7) is 0. The van der Waals surface area contributed by atoms with Crippen molar-refractivity contribution in [3.63, 3.8) is 0 Å². The fourth-order valence-electron chi connectivity index (χ4n) is 1.68. The maximum absolute atomic E-state index is 11.9. The van der Waals surface area contributed by atoms with Gasteiger partial charge in [-0.05, 0) is 17.5 Å². The number of rotatable bonds is 1. The van der Waals surface area contributed by atoms with E-state index in [9.17, 15) is 13.2 Å². The van der Waals surface area contributed by atoms with Crippen LogP contribution >= 0.6 is 0 Å². The Kier molecular flexibility index (Phi) is 2.35. The zero-order valence-corrected chi connectivity index (χ0v) is 9.78. The van der Waals surface area contributed by atoms with Gasteiger partial charge >= 0.3 is 0 Å². The van der Waals surface area contributed by atoms with E-state index in [0.717, 1.165) is 10.8 Å². The summed E-state index contributed by atoms with van der Waals surface area (Å²) >= 11 is 0. The second-order valence-corrected chi connectivity index (χ2v) is 5.67. The molecule has 0 unspecified atom stereocenters. The zero-order valence-electron chi connectivity index (χ0n) is 8.97. The highest BCUT2D eigenvalue weighted by atomic mass is 32.2. The van der Waals surface area contributed by atoms with E-state index in [4.69, 9.17) is 0 Å². The van der Waals surface area contributed by atoms with Crippen LogP contribution in [0.5, 0.6) is 0 Å². The Bertz CT molecular complexity index is 714. The second-order valence-electron chi connectivity index (χ2n) is 3.71. The Morgan fingerprint density at radius 1 is 1.19 bits per heavy atom. The quantitative estimate of drug-likeness (QED) is 0.741. The standard InChI is InChI=1S/C11H11NO3S/c1-12-10(16(2,14)15)7-8-5-3-4-6-9(8)11(12)13/h3-7H,1-2H3. The fraction of sp³-hybridized carbons (Fsp3) is 0.182. The Balaban J connectivity index is 3.02. The van der Waals surface area contributed by atoms with Crippen molar-refractivity contribution in [3.05, 3.63) is 40.7 Å². The predicted molar refractivity (Wildman–Crippen MR) is 62.3 cm³/mol. The summed E-state index contributed by atoms with van der Waals surface area (Å²) < 4.78 is 24.1. The van der Waals surface area contributed by atoms with Gasteiger partial charge in [-0.15, -0.1) is 0 Å². The molecule has 1 heterocycles. The molecule has 0 spiro atoms. The van der Waals surface area contributed by atoms with Crippen molar-refractivity contribution < 1.29 is 8.42 Å². The molecule has 1 aromatic carbocycles. The topological polar surface area (TPSA) is 56.1 Å². The molecule has 84 valence electrons. The first-order valence-electron chi connectivity index (χ1n) is 4.70. The Hall–Kier alpha value is -1.62. The third kappa shape index (κ3) is 1.63. The van der Waals surface area contributed by atoms with Gasteiger partial charge in [0.2, 0.25) is 0 Å². The van der Waals surface area contributed by atoms with Crippen molar-refractivity contribution in [2.75, 3.05) is 6.26 Å². The van der Waals surface area contributed by atoms with Crippen molar-refractivity contribution in [1.82, 2.24) is 4.57 Å². The molecule has 0 aliphatic heterocycles. The molecular weight excluding hydrogens is 226 g/mol. The average molecular weight is 237 g/mol. The molecule has 0 saturated heterocycles. The van der Waals surface area contributed by atoms with E-state index in [2.05, 4.69) is 0 Å². The van der Waals surface area contributed by atoms with Gasteiger partial charge in [-0.1, -0.05) is 18.2 Å². The van der Waals surface area contributed by atoms with Crippen LogP contribution in [0.1, 0.15) is 0 Å². The molecule has 0 aliphatic rings. The van der Waals surface area contributed by atoms with Crippen LogP contribution in [0.3, 0.4) is 0 Å². The monoisotopic (exact) mass is 237 g/mol. The number of sulfone groups is 1. The molecule has 2 aromatic rings. The van der Waals surface area contributed by atoms with E-state index in [1.165, 1.54) is 13.1 Å². The molecule has 0 atom stereocenters. The third-order valence-corrected chi connectivity index (χ3v) is 3.64. The number of nitrogens with zero attached hydrogens (tertiary/aromatic N) is 1. The van der Waals surface area contributed by atoms with E-state index in [-0.39, 0.29) is 10.6 Å². The van der Waals surface area contributed by atoms with Crippen LogP contribution in [0.4, 0.5) is 0 Å². The lowest BCUT2D eigenvalue weighted by molar-refractivity contribution is 0.588. The summed E-state index contributed by atoms with van der Waals surface area (Å²) in [5.41, 5.74) is -0.293. The smallest absolute Gasteiger partial charge is 0.259 e. The molecule has 0 N–H and O–H groups in total. The lowest BCUT2D eigenvalue weighted by Crippen LogP contribution is -2.22. The molecule has 0 bridgehead atoms. The highest BCUT2D eigenvalue weighted by Crippen LogP contribution is 2.14. The minimum Gasteiger partial charge on any atom is -0.302 e. The summed E-state index contributed by atoms with van der Waals surface area (Å²) in [5, 5.41) is 1.21. The van der Waals surface area contributed by atoms with Gasteiger partial charge in [0, 0.05) is 18.7 Å². The lowest BCUT2D eigenvalue weighted by atomic mass is 10.2. The van der Waals surface area contributed by atoms with Gasteiger partial charge in [-0.25, -0.2) is 8.42 Å². The number of fused-ring (bicyclic) bond motifs is 1. The number of aromatic nitrogens is 1. The van der Waals surface area contributed by atoms with Crippen LogP contribution in [0.25, 0.3) is 10.8 Å². The SMILES string of the molecule is Cn1c(S(C)(=O)=O)cc2ccccc2c1=O. The summed E-state index contributed by atoms with van der Waals surface area (Å²) in [6, 6.07) is 8.46. The highest BCUT2D eigenvalue weighted by molar-refractivity contribution is 7.90. The average Bonchev–Trinajstić information content (AvgIpc) is 2.22. The van der Waals surface area contributed by atoms with Crippen molar-refractivity contribution in [3.8, 4) is 0 Å². The van der Waals surface area contributed by atoms with Crippen LogP contribution in [0.2, 0.25) is 0 Å². The minimum absolute atomic E-state index is 0.0381. The van der Waals surface area contributed by atoms with E-state index in [1.807, 2.05) is 0 Å². The van der Waals surface area contributed by atoms with Crippen LogP contribution < -0.4 is 5.56 Å². The minimum atomic E-state index is -3.38. The van der Waals surface area contributed by atoms with E-state index in [0.29, 0.717) is 10.8 Å². The van der Waals surface area contributed by atoms with Gasteiger partial charge in [0.1, 0.15) is 5.03 Å². The van der Waals surface area contributed by atoms with Gasteiger partial charge in [-0.3, -0.25) is 4.79 Å². The number of hydrogen-bond donors (Lipinski definition) is 0. The summed E-state index contributed by atoms with van der Waals surface area (Å²) in [7, 11) is -1.92.